The average Bonchev–Trinajstić information content (AvgIpc) is 2.71. The van der Waals surface area contributed by atoms with Crippen molar-refractivity contribution in [3.8, 4) is 0 Å². The molecule has 30 heavy (non-hydrogen) atoms. The molecule has 2 aromatic rings. The number of pyridine rings is 1. The van der Waals surface area contributed by atoms with Gasteiger partial charge in [-0.2, -0.15) is 17.6 Å². The molecule has 1 saturated carbocycles. The van der Waals surface area contributed by atoms with Crippen LogP contribution in [0.25, 0.3) is 0 Å². The number of carbonyl (C=O) groups is 1. The lowest BCUT2D eigenvalue weighted by atomic mass is 9.85. The van der Waals surface area contributed by atoms with Gasteiger partial charge in [0.15, 0.2) is 0 Å². The number of alkyl halides is 3. The van der Waals surface area contributed by atoms with Crippen molar-refractivity contribution in [2.45, 2.75) is 37.9 Å². The summed E-state index contributed by atoms with van der Waals surface area (Å²) in [5.41, 5.74) is -1.12. The van der Waals surface area contributed by atoms with Crippen LogP contribution in [0.4, 0.5) is 27.6 Å². The molecule has 3 rings (SSSR count). The molecule has 1 aliphatic rings. The molecule has 0 bridgehead atoms. The lowest BCUT2D eigenvalue weighted by molar-refractivity contribution is -0.137. The van der Waals surface area contributed by atoms with Crippen LogP contribution in [0.3, 0.4) is 0 Å². The number of benzene rings is 1. The highest BCUT2D eigenvalue weighted by Crippen LogP contribution is 2.31. The third-order valence-electron chi connectivity index (χ3n) is 5.52. The maximum atomic E-state index is 13.9. The molecule has 1 aromatic carbocycles. The molecule has 0 atom stereocenters. The predicted molar refractivity (Wildman–Crippen MR) is 102 cm³/mol. The Morgan fingerprint density at radius 1 is 1.17 bits per heavy atom. The highest BCUT2D eigenvalue weighted by molar-refractivity contribution is 5.94. The molecule has 1 fully saturated rings. The number of amides is 1. The molecule has 1 aliphatic carbocycles. The average molecular weight is 427 g/mol. The molecule has 0 spiro atoms. The van der Waals surface area contributed by atoms with Gasteiger partial charge < -0.3 is 10.2 Å². The summed E-state index contributed by atoms with van der Waals surface area (Å²) in [6.07, 6.45) is -0.229. The minimum absolute atomic E-state index is 0.133. The number of carbonyl (C=O) groups excluding carboxylic acids is 1. The minimum Gasteiger partial charge on any atom is -0.368 e. The Balaban J connectivity index is 1.53. The smallest absolute Gasteiger partial charge is 0.368 e. The first kappa shape index (κ1) is 22.0. The molecule has 162 valence electrons. The van der Waals surface area contributed by atoms with Crippen LogP contribution in [0.15, 0.2) is 36.5 Å². The SMILES string of the molecule is CN(c1cccnc1F)[C@H]1CC[C@@H](CNC(=O)c2cc(F)cc(C(F)(F)F)c2)CC1. The number of anilines is 1. The van der Waals surface area contributed by atoms with E-state index in [2.05, 4.69) is 10.3 Å². The van der Waals surface area contributed by atoms with E-state index in [0.717, 1.165) is 31.7 Å². The van der Waals surface area contributed by atoms with Gasteiger partial charge in [0.1, 0.15) is 5.82 Å². The van der Waals surface area contributed by atoms with E-state index >= 15 is 0 Å². The van der Waals surface area contributed by atoms with Crippen molar-refractivity contribution in [3.05, 3.63) is 59.4 Å². The third kappa shape index (κ3) is 5.25. The fraction of sp³-hybridized carbons (Fsp3) is 0.429. The van der Waals surface area contributed by atoms with Crippen LogP contribution in [0.1, 0.15) is 41.6 Å². The lowest BCUT2D eigenvalue weighted by Crippen LogP contribution is -2.38. The van der Waals surface area contributed by atoms with Crippen LogP contribution in [-0.4, -0.2) is 30.5 Å². The second-order valence-corrected chi connectivity index (χ2v) is 7.54. The first-order valence-corrected chi connectivity index (χ1v) is 9.64. The van der Waals surface area contributed by atoms with Crippen molar-refractivity contribution in [1.82, 2.24) is 10.3 Å². The van der Waals surface area contributed by atoms with Crippen LogP contribution in [-0.2, 0) is 6.18 Å². The second kappa shape index (κ2) is 8.97. The Morgan fingerprint density at radius 3 is 2.50 bits per heavy atom. The van der Waals surface area contributed by atoms with Crippen LogP contribution < -0.4 is 10.2 Å². The van der Waals surface area contributed by atoms with Gasteiger partial charge in [0.05, 0.1) is 11.3 Å². The Labute approximate surface area is 171 Å². The van der Waals surface area contributed by atoms with Gasteiger partial charge in [-0.15, -0.1) is 0 Å². The van der Waals surface area contributed by atoms with Crippen LogP contribution in [0.5, 0.6) is 0 Å². The number of nitrogens with one attached hydrogen (secondary N) is 1. The summed E-state index contributed by atoms with van der Waals surface area (Å²) in [4.78, 5) is 17.7. The van der Waals surface area contributed by atoms with Gasteiger partial charge in [-0.05, 0) is 61.9 Å². The second-order valence-electron chi connectivity index (χ2n) is 7.54. The maximum absolute atomic E-state index is 13.9. The van der Waals surface area contributed by atoms with Crippen LogP contribution in [0, 0.1) is 17.7 Å². The summed E-state index contributed by atoms with van der Waals surface area (Å²) in [5, 5.41) is 2.60. The molecular formula is C21H22F5N3O. The molecule has 0 aliphatic heterocycles. The zero-order valence-electron chi connectivity index (χ0n) is 16.3. The molecule has 1 amide bonds. The topological polar surface area (TPSA) is 45.2 Å². The quantitative estimate of drug-likeness (QED) is 0.551. The summed E-state index contributed by atoms with van der Waals surface area (Å²) >= 11 is 0. The third-order valence-corrected chi connectivity index (χ3v) is 5.52. The molecule has 1 aromatic heterocycles. The van der Waals surface area contributed by atoms with E-state index in [9.17, 15) is 26.7 Å². The van der Waals surface area contributed by atoms with E-state index in [1.165, 1.54) is 6.20 Å². The zero-order valence-corrected chi connectivity index (χ0v) is 16.3. The van der Waals surface area contributed by atoms with E-state index in [0.29, 0.717) is 17.8 Å². The minimum atomic E-state index is -4.73. The van der Waals surface area contributed by atoms with E-state index < -0.39 is 29.4 Å². The molecular weight excluding hydrogens is 405 g/mol. The van der Waals surface area contributed by atoms with E-state index in [1.807, 2.05) is 11.9 Å². The highest BCUT2D eigenvalue weighted by Gasteiger charge is 2.32. The standard InChI is InChI=1S/C21H22F5N3O/c1-29(18-3-2-8-27-19(18)23)17-6-4-13(5-7-17)12-28-20(30)14-9-15(21(24,25)26)11-16(22)10-14/h2-3,8-11,13,17H,4-7,12H2,1H3,(H,28,30)/t13-,17+. The fourth-order valence-corrected chi connectivity index (χ4v) is 3.80. The molecule has 1 heterocycles. The number of hydrogen-bond acceptors (Lipinski definition) is 3. The Morgan fingerprint density at radius 2 is 1.87 bits per heavy atom. The van der Waals surface area contributed by atoms with E-state index in [-0.39, 0.29) is 24.1 Å². The van der Waals surface area contributed by atoms with Crippen molar-refractivity contribution in [1.29, 1.82) is 0 Å². The van der Waals surface area contributed by atoms with Gasteiger partial charge in [-0.3, -0.25) is 4.79 Å². The molecule has 0 radical (unpaired) electrons. The van der Waals surface area contributed by atoms with Gasteiger partial charge in [-0.25, -0.2) is 9.37 Å². The summed E-state index contributed by atoms with van der Waals surface area (Å²) in [5.74, 6) is -2.23. The summed E-state index contributed by atoms with van der Waals surface area (Å²) in [6.45, 7) is 0.286. The normalized spacial score (nSPS) is 19.4. The van der Waals surface area contributed by atoms with Gasteiger partial charge >= 0.3 is 6.18 Å². The van der Waals surface area contributed by atoms with Crippen molar-refractivity contribution >= 4 is 11.6 Å². The van der Waals surface area contributed by atoms with Crippen molar-refractivity contribution in [3.63, 3.8) is 0 Å². The molecule has 1 N–H and O–H groups in total. The molecule has 9 heteroatoms. The summed E-state index contributed by atoms with van der Waals surface area (Å²) in [7, 11) is 1.81. The monoisotopic (exact) mass is 427 g/mol. The predicted octanol–water partition coefficient (Wildman–Crippen LogP) is 4.80. The number of nitrogens with zero attached hydrogens (tertiary/aromatic N) is 2. The van der Waals surface area contributed by atoms with Gasteiger partial charge in [0.25, 0.3) is 5.91 Å². The maximum Gasteiger partial charge on any atom is 0.416 e. The van der Waals surface area contributed by atoms with Crippen molar-refractivity contribution in [2.75, 3.05) is 18.5 Å². The van der Waals surface area contributed by atoms with E-state index in [1.54, 1.807) is 12.1 Å². The van der Waals surface area contributed by atoms with Gasteiger partial charge in [0, 0.05) is 31.4 Å². The number of rotatable bonds is 5. The van der Waals surface area contributed by atoms with Crippen LogP contribution in [0.2, 0.25) is 0 Å². The highest BCUT2D eigenvalue weighted by atomic mass is 19.4. The largest absolute Gasteiger partial charge is 0.416 e. The summed E-state index contributed by atoms with van der Waals surface area (Å²) < 4.78 is 65.8. The lowest BCUT2D eigenvalue weighted by Gasteiger charge is -2.36. The first-order chi connectivity index (χ1) is 14.1. The number of halogens is 5. The Kier molecular flexibility index (Phi) is 6.58. The first-order valence-electron chi connectivity index (χ1n) is 9.64. The number of aromatic nitrogens is 1. The summed E-state index contributed by atoms with van der Waals surface area (Å²) in [6, 6.07) is 5.27. The van der Waals surface area contributed by atoms with Crippen LogP contribution >= 0.6 is 0 Å². The van der Waals surface area contributed by atoms with Crippen molar-refractivity contribution < 1.29 is 26.7 Å². The van der Waals surface area contributed by atoms with Gasteiger partial charge in [0.2, 0.25) is 5.95 Å². The molecule has 0 saturated heterocycles. The fourth-order valence-electron chi connectivity index (χ4n) is 3.80. The van der Waals surface area contributed by atoms with Gasteiger partial charge in [-0.1, -0.05) is 0 Å². The Bertz CT molecular complexity index is 894. The molecule has 0 unspecified atom stereocenters. The zero-order chi connectivity index (χ0) is 21.9. The van der Waals surface area contributed by atoms with E-state index in [4.69, 9.17) is 0 Å². The number of hydrogen-bond donors (Lipinski definition) is 1. The van der Waals surface area contributed by atoms with Crippen molar-refractivity contribution in [2.24, 2.45) is 5.92 Å². The Hall–Kier alpha value is -2.71. The molecule has 4 nitrogen and oxygen atoms in total.